The number of carbonyl (C=O) groups excluding carboxylic acids is 1. The van der Waals surface area contributed by atoms with Gasteiger partial charge in [0.2, 0.25) is 5.91 Å². The Balaban J connectivity index is 1.50. The van der Waals surface area contributed by atoms with Crippen molar-refractivity contribution in [1.82, 2.24) is 29.8 Å². The molecule has 3 heterocycles. The molecule has 3 rings (SSSR count). The number of nitrogens with one attached hydrogen (secondary N) is 1. The van der Waals surface area contributed by atoms with E-state index < -0.39 is 0 Å². The molecule has 0 bridgehead atoms. The maximum atomic E-state index is 12.6. The maximum absolute atomic E-state index is 12.6. The number of hydrogen-bond donors (Lipinski definition) is 1. The SMILES string of the molecule is Cc1cc(C)n(CCCN(C)C(=O)Cn2nccc2[C@@H]2CCCNC2)n1. The number of amides is 1. The summed E-state index contributed by atoms with van der Waals surface area (Å²) < 4.78 is 3.88. The number of carbonyl (C=O) groups is 1. The zero-order valence-electron chi connectivity index (χ0n) is 16.1. The molecule has 2 aromatic rings. The Morgan fingerprint density at radius 2 is 2.23 bits per heavy atom. The van der Waals surface area contributed by atoms with E-state index in [0.717, 1.165) is 44.7 Å². The smallest absolute Gasteiger partial charge is 0.244 e. The van der Waals surface area contributed by atoms with Crippen molar-refractivity contribution in [2.45, 2.75) is 52.1 Å². The van der Waals surface area contributed by atoms with Gasteiger partial charge in [0.15, 0.2) is 0 Å². The number of nitrogens with zero attached hydrogens (tertiary/aromatic N) is 5. The molecular formula is C19H30N6O. The van der Waals surface area contributed by atoms with E-state index in [1.54, 1.807) is 11.1 Å². The van der Waals surface area contributed by atoms with Gasteiger partial charge in [-0.15, -0.1) is 0 Å². The zero-order valence-corrected chi connectivity index (χ0v) is 16.1. The van der Waals surface area contributed by atoms with Crippen molar-refractivity contribution in [3.05, 3.63) is 35.4 Å². The molecule has 0 aromatic carbocycles. The van der Waals surface area contributed by atoms with Crippen LogP contribution in [0.2, 0.25) is 0 Å². The molecule has 1 atom stereocenters. The Kier molecular flexibility index (Phi) is 6.08. The summed E-state index contributed by atoms with van der Waals surface area (Å²) in [5, 5.41) is 12.3. The molecule has 1 saturated heterocycles. The predicted octanol–water partition coefficient (Wildman–Crippen LogP) is 1.71. The molecule has 0 radical (unpaired) electrons. The van der Waals surface area contributed by atoms with Crippen molar-refractivity contribution in [3.63, 3.8) is 0 Å². The second-order valence-electron chi connectivity index (χ2n) is 7.28. The van der Waals surface area contributed by atoms with Crippen LogP contribution in [0.3, 0.4) is 0 Å². The summed E-state index contributed by atoms with van der Waals surface area (Å²) in [6, 6.07) is 4.13. The molecule has 0 saturated carbocycles. The number of hydrogen-bond acceptors (Lipinski definition) is 4. The highest BCUT2D eigenvalue weighted by atomic mass is 16.2. The van der Waals surface area contributed by atoms with Gasteiger partial charge in [0, 0.05) is 50.2 Å². The molecule has 1 amide bonds. The minimum Gasteiger partial charge on any atom is -0.344 e. The highest BCUT2D eigenvalue weighted by Crippen LogP contribution is 2.22. The fourth-order valence-electron chi connectivity index (χ4n) is 3.66. The molecule has 1 aliphatic heterocycles. The monoisotopic (exact) mass is 358 g/mol. The van der Waals surface area contributed by atoms with Crippen LogP contribution in [0.25, 0.3) is 0 Å². The Labute approximate surface area is 155 Å². The number of aryl methyl sites for hydroxylation is 3. The molecule has 0 spiro atoms. The van der Waals surface area contributed by atoms with Crippen molar-refractivity contribution in [3.8, 4) is 0 Å². The number of rotatable bonds is 7. The van der Waals surface area contributed by atoms with Crippen LogP contribution in [-0.4, -0.2) is 57.1 Å². The lowest BCUT2D eigenvalue weighted by atomic mass is 9.96. The topological polar surface area (TPSA) is 68.0 Å². The van der Waals surface area contributed by atoms with Crippen LogP contribution < -0.4 is 5.32 Å². The van der Waals surface area contributed by atoms with E-state index in [9.17, 15) is 4.79 Å². The second kappa shape index (κ2) is 8.49. The van der Waals surface area contributed by atoms with Crippen LogP contribution in [0.1, 0.15) is 42.3 Å². The normalized spacial score (nSPS) is 17.4. The summed E-state index contributed by atoms with van der Waals surface area (Å²) in [6.45, 7) is 7.99. The van der Waals surface area contributed by atoms with Gasteiger partial charge in [-0.3, -0.25) is 14.2 Å². The van der Waals surface area contributed by atoms with Crippen molar-refractivity contribution >= 4 is 5.91 Å². The third-order valence-corrected chi connectivity index (χ3v) is 5.14. The number of aromatic nitrogens is 4. The fourth-order valence-corrected chi connectivity index (χ4v) is 3.66. The summed E-state index contributed by atoms with van der Waals surface area (Å²) in [6.07, 6.45) is 5.03. The van der Waals surface area contributed by atoms with Crippen LogP contribution in [0.5, 0.6) is 0 Å². The van der Waals surface area contributed by atoms with Crippen molar-refractivity contribution in [2.24, 2.45) is 0 Å². The van der Waals surface area contributed by atoms with Gasteiger partial charge in [0.05, 0.1) is 5.69 Å². The van der Waals surface area contributed by atoms with Crippen LogP contribution in [-0.2, 0) is 17.9 Å². The highest BCUT2D eigenvalue weighted by Gasteiger charge is 2.20. The lowest BCUT2D eigenvalue weighted by molar-refractivity contribution is -0.130. The molecule has 142 valence electrons. The molecule has 0 aliphatic carbocycles. The molecular weight excluding hydrogens is 328 g/mol. The average Bonchev–Trinajstić information content (AvgIpc) is 3.21. The highest BCUT2D eigenvalue weighted by molar-refractivity contribution is 5.75. The summed E-state index contributed by atoms with van der Waals surface area (Å²) >= 11 is 0. The van der Waals surface area contributed by atoms with Crippen LogP contribution in [0.15, 0.2) is 18.3 Å². The molecule has 7 heteroatoms. The minimum atomic E-state index is 0.104. The van der Waals surface area contributed by atoms with Crippen LogP contribution >= 0.6 is 0 Å². The largest absolute Gasteiger partial charge is 0.344 e. The van der Waals surface area contributed by atoms with Crippen LogP contribution in [0, 0.1) is 13.8 Å². The Morgan fingerprint density at radius 1 is 1.38 bits per heavy atom. The molecule has 7 nitrogen and oxygen atoms in total. The predicted molar refractivity (Wildman–Crippen MR) is 101 cm³/mol. The lowest BCUT2D eigenvalue weighted by Crippen LogP contribution is -2.34. The first-order valence-corrected chi connectivity index (χ1v) is 9.52. The van der Waals surface area contributed by atoms with Gasteiger partial charge >= 0.3 is 0 Å². The first-order chi connectivity index (χ1) is 12.5. The van der Waals surface area contributed by atoms with E-state index in [0.29, 0.717) is 12.5 Å². The number of likely N-dealkylation sites (N-methyl/N-ethyl adjacent to an activating group) is 1. The maximum Gasteiger partial charge on any atom is 0.244 e. The van der Waals surface area contributed by atoms with E-state index in [4.69, 9.17) is 0 Å². The zero-order chi connectivity index (χ0) is 18.5. The van der Waals surface area contributed by atoms with Gasteiger partial charge in [0.1, 0.15) is 6.54 Å². The minimum absolute atomic E-state index is 0.104. The molecule has 0 unspecified atom stereocenters. The van der Waals surface area contributed by atoms with Crippen molar-refractivity contribution in [2.75, 3.05) is 26.7 Å². The van der Waals surface area contributed by atoms with Gasteiger partial charge in [0.25, 0.3) is 0 Å². The first-order valence-electron chi connectivity index (χ1n) is 9.52. The van der Waals surface area contributed by atoms with Gasteiger partial charge in [-0.1, -0.05) is 0 Å². The summed E-state index contributed by atoms with van der Waals surface area (Å²) in [5.74, 6) is 0.558. The molecule has 1 aliphatic rings. The Hall–Kier alpha value is -2.15. The molecule has 26 heavy (non-hydrogen) atoms. The second-order valence-corrected chi connectivity index (χ2v) is 7.28. The van der Waals surface area contributed by atoms with Gasteiger partial charge in [-0.2, -0.15) is 10.2 Å². The van der Waals surface area contributed by atoms with Crippen molar-refractivity contribution < 1.29 is 4.79 Å². The molecule has 2 aromatic heterocycles. The third-order valence-electron chi connectivity index (χ3n) is 5.14. The third kappa shape index (κ3) is 4.52. The Morgan fingerprint density at radius 3 is 2.92 bits per heavy atom. The number of piperidine rings is 1. The fraction of sp³-hybridized carbons (Fsp3) is 0.632. The standard InChI is InChI=1S/C19H30N6O/c1-15-12-16(2)24(22-15)11-5-10-23(3)19(26)14-25-18(7-9-21-25)17-6-4-8-20-13-17/h7,9,12,17,20H,4-6,8,10-11,13-14H2,1-3H3/t17-/m1/s1. The summed E-state index contributed by atoms with van der Waals surface area (Å²) in [5.41, 5.74) is 3.37. The van der Waals surface area contributed by atoms with E-state index in [-0.39, 0.29) is 5.91 Å². The summed E-state index contributed by atoms with van der Waals surface area (Å²) in [7, 11) is 1.87. The van der Waals surface area contributed by atoms with E-state index >= 15 is 0 Å². The quantitative estimate of drug-likeness (QED) is 0.818. The summed E-state index contributed by atoms with van der Waals surface area (Å²) in [4.78, 5) is 14.4. The Bertz CT molecular complexity index is 728. The van der Waals surface area contributed by atoms with E-state index in [2.05, 4.69) is 28.5 Å². The molecule has 1 fully saturated rings. The van der Waals surface area contributed by atoms with Crippen LogP contribution in [0.4, 0.5) is 0 Å². The molecule has 1 N–H and O–H groups in total. The van der Waals surface area contributed by atoms with E-state index in [1.807, 2.05) is 29.4 Å². The van der Waals surface area contributed by atoms with Gasteiger partial charge in [-0.05, 0) is 51.8 Å². The first kappa shape index (κ1) is 18.6. The van der Waals surface area contributed by atoms with Gasteiger partial charge < -0.3 is 10.2 Å². The lowest BCUT2D eigenvalue weighted by Gasteiger charge is -2.24. The van der Waals surface area contributed by atoms with E-state index in [1.165, 1.54) is 17.8 Å². The van der Waals surface area contributed by atoms with Gasteiger partial charge in [-0.25, -0.2) is 0 Å². The average molecular weight is 358 g/mol. The van der Waals surface area contributed by atoms with Crippen molar-refractivity contribution in [1.29, 1.82) is 0 Å².